The molecule has 0 aromatic heterocycles. The number of ether oxygens (including phenoxy) is 3. The lowest BCUT2D eigenvalue weighted by Crippen LogP contribution is -2.37. The van der Waals surface area contributed by atoms with E-state index in [0.29, 0.717) is 5.92 Å². The van der Waals surface area contributed by atoms with Gasteiger partial charge in [-0.2, -0.15) is 0 Å². The van der Waals surface area contributed by atoms with Crippen molar-refractivity contribution in [2.45, 2.75) is 32.4 Å². The van der Waals surface area contributed by atoms with Gasteiger partial charge in [-0.15, -0.1) is 0 Å². The van der Waals surface area contributed by atoms with Crippen LogP contribution in [0.4, 0.5) is 0 Å². The number of benzene rings is 1. The fraction of sp³-hybridized carbons (Fsp3) is 0.696. The molecule has 2 saturated heterocycles. The van der Waals surface area contributed by atoms with Crippen LogP contribution in [0.3, 0.4) is 0 Å². The zero-order chi connectivity index (χ0) is 20.9. The summed E-state index contributed by atoms with van der Waals surface area (Å²) in [4.78, 5) is 6.77. The van der Waals surface area contributed by atoms with E-state index in [-0.39, 0.29) is 0 Å². The summed E-state index contributed by atoms with van der Waals surface area (Å²) in [7, 11) is 1.81. The maximum atomic E-state index is 5.83. The number of hydrogen-bond acceptors (Lipinski definition) is 5. The predicted octanol–water partition coefficient (Wildman–Crippen LogP) is 2.02. The Balaban J connectivity index is 1.29. The smallest absolute Gasteiger partial charge is 0.191 e. The van der Waals surface area contributed by atoms with Gasteiger partial charge in [-0.3, -0.25) is 9.89 Å². The number of aliphatic imine (C=N–C) groups is 1. The zero-order valence-corrected chi connectivity index (χ0v) is 18.4. The first-order valence-corrected chi connectivity index (χ1v) is 11.3. The number of nitrogens with zero attached hydrogens (tertiary/aromatic N) is 2. The van der Waals surface area contributed by atoms with Crippen molar-refractivity contribution in [1.82, 2.24) is 15.5 Å². The molecule has 0 aliphatic carbocycles. The predicted molar refractivity (Wildman–Crippen MR) is 120 cm³/mol. The third-order valence-electron chi connectivity index (χ3n) is 5.64. The molecule has 0 unspecified atom stereocenters. The highest BCUT2D eigenvalue weighted by Gasteiger charge is 2.13. The summed E-state index contributed by atoms with van der Waals surface area (Å²) < 4.78 is 16.6. The zero-order valence-electron chi connectivity index (χ0n) is 18.4. The lowest BCUT2D eigenvalue weighted by molar-refractivity contribution is 0.0203. The Labute approximate surface area is 181 Å². The first-order chi connectivity index (χ1) is 14.8. The van der Waals surface area contributed by atoms with Crippen LogP contribution in [0.15, 0.2) is 29.3 Å². The van der Waals surface area contributed by atoms with Crippen molar-refractivity contribution in [1.29, 1.82) is 0 Å². The van der Waals surface area contributed by atoms with Crippen LogP contribution >= 0.6 is 0 Å². The highest BCUT2D eigenvalue weighted by molar-refractivity contribution is 5.79. The fourth-order valence-electron chi connectivity index (χ4n) is 3.81. The van der Waals surface area contributed by atoms with Gasteiger partial charge in [0.15, 0.2) is 5.96 Å². The normalized spacial score (nSPS) is 19.0. The first-order valence-electron chi connectivity index (χ1n) is 11.3. The van der Waals surface area contributed by atoms with Gasteiger partial charge in [0.05, 0.1) is 13.2 Å². The Morgan fingerprint density at radius 3 is 2.67 bits per heavy atom. The van der Waals surface area contributed by atoms with Crippen LogP contribution in [-0.2, 0) is 27.3 Å². The van der Waals surface area contributed by atoms with Crippen molar-refractivity contribution in [3.63, 3.8) is 0 Å². The highest BCUT2D eigenvalue weighted by Crippen LogP contribution is 2.14. The summed E-state index contributed by atoms with van der Waals surface area (Å²) in [5.41, 5.74) is 2.62. The van der Waals surface area contributed by atoms with Gasteiger partial charge in [-0.1, -0.05) is 24.3 Å². The molecule has 3 rings (SSSR count). The van der Waals surface area contributed by atoms with Gasteiger partial charge in [0.25, 0.3) is 0 Å². The van der Waals surface area contributed by atoms with Crippen molar-refractivity contribution in [3.8, 4) is 0 Å². The van der Waals surface area contributed by atoms with Crippen LogP contribution in [0.1, 0.15) is 30.4 Å². The lowest BCUT2D eigenvalue weighted by Gasteiger charge is -2.26. The van der Waals surface area contributed by atoms with E-state index >= 15 is 0 Å². The van der Waals surface area contributed by atoms with Crippen LogP contribution in [0.25, 0.3) is 0 Å². The Morgan fingerprint density at radius 1 is 1.10 bits per heavy atom. The number of rotatable bonds is 10. The number of morpholine rings is 1. The average molecular weight is 419 g/mol. The molecule has 30 heavy (non-hydrogen) atoms. The second-order valence-corrected chi connectivity index (χ2v) is 8.05. The number of guanidine groups is 1. The molecule has 1 aromatic carbocycles. The second kappa shape index (κ2) is 13.6. The van der Waals surface area contributed by atoms with E-state index in [4.69, 9.17) is 14.2 Å². The average Bonchev–Trinajstić information content (AvgIpc) is 2.80. The first kappa shape index (κ1) is 23.0. The quantitative estimate of drug-likeness (QED) is 0.344. The Morgan fingerprint density at radius 2 is 1.87 bits per heavy atom. The molecule has 0 spiro atoms. The minimum absolute atomic E-state index is 0.667. The van der Waals surface area contributed by atoms with Crippen LogP contribution in [0.2, 0.25) is 0 Å². The van der Waals surface area contributed by atoms with Gasteiger partial charge < -0.3 is 24.8 Å². The molecule has 2 fully saturated rings. The lowest BCUT2D eigenvalue weighted by atomic mass is 10.0. The second-order valence-electron chi connectivity index (χ2n) is 8.05. The largest absolute Gasteiger partial charge is 0.381 e. The molecule has 1 aromatic rings. The van der Waals surface area contributed by atoms with Crippen molar-refractivity contribution >= 4 is 5.96 Å². The summed E-state index contributed by atoms with van der Waals surface area (Å²) in [6.45, 7) is 9.70. The van der Waals surface area contributed by atoms with Gasteiger partial charge in [0.1, 0.15) is 0 Å². The van der Waals surface area contributed by atoms with E-state index in [1.807, 2.05) is 7.05 Å². The summed E-state index contributed by atoms with van der Waals surface area (Å²) >= 11 is 0. The minimum atomic E-state index is 0.667. The molecule has 168 valence electrons. The van der Waals surface area contributed by atoms with Crippen LogP contribution in [0, 0.1) is 5.92 Å². The summed E-state index contributed by atoms with van der Waals surface area (Å²) in [6, 6.07) is 8.78. The summed E-state index contributed by atoms with van der Waals surface area (Å²) in [6.07, 6.45) is 3.23. The SMILES string of the molecule is CN=C(NCCCOCC1CCOCC1)NCc1cccc(CN2CCOCC2)c1. The topological polar surface area (TPSA) is 67.4 Å². The van der Waals surface area contributed by atoms with Crippen molar-refractivity contribution in [3.05, 3.63) is 35.4 Å². The van der Waals surface area contributed by atoms with E-state index in [9.17, 15) is 0 Å². The van der Waals surface area contributed by atoms with Crippen molar-refractivity contribution < 1.29 is 14.2 Å². The molecule has 7 heteroatoms. The van der Waals surface area contributed by atoms with E-state index in [1.54, 1.807) is 0 Å². The molecule has 2 aliphatic rings. The molecular weight excluding hydrogens is 380 g/mol. The molecular formula is C23H38N4O3. The van der Waals surface area contributed by atoms with E-state index in [2.05, 4.69) is 44.8 Å². The standard InChI is InChI=1S/C23H38N4O3/c1-24-23(25-8-3-11-30-19-20-6-12-28-13-7-20)26-17-21-4-2-5-22(16-21)18-27-9-14-29-15-10-27/h2,4-5,16,20H,3,6-15,17-19H2,1H3,(H2,24,25,26). The van der Waals surface area contributed by atoms with Gasteiger partial charge in [-0.05, 0) is 36.3 Å². The van der Waals surface area contributed by atoms with Gasteiger partial charge in [0, 0.05) is 66.2 Å². The third-order valence-corrected chi connectivity index (χ3v) is 5.64. The third kappa shape index (κ3) is 8.60. The molecule has 0 bridgehead atoms. The van der Waals surface area contributed by atoms with Crippen molar-refractivity contribution in [2.24, 2.45) is 10.9 Å². The number of hydrogen-bond donors (Lipinski definition) is 2. The van der Waals surface area contributed by atoms with Crippen molar-refractivity contribution in [2.75, 3.05) is 66.3 Å². The van der Waals surface area contributed by atoms with Gasteiger partial charge in [-0.25, -0.2) is 0 Å². The van der Waals surface area contributed by atoms with Crippen LogP contribution in [-0.4, -0.2) is 77.2 Å². The Hall–Kier alpha value is -1.67. The molecule has 2 aliphatic heterocycles. The monoisotopic (exact) mass is 418 g/mol. The maximum absolute atomic E-state index is 5.83. The van der Waals surface area contributed by atoms with Gasteiger partial charge >= 0.3 is 0 Å². The fourth-order valence-corrected chi connectivity index (χ4v) is 3.81. The molecule has 7 nitrogen and oxygen atoms in total. The van der Waals surface area contributed by atoms with Crippen LogP contribution < -0.4 is 10.6 Å². The van der Waals surface area contributed by atoms with E-state index in [0.717, 1.165) is 97.6 Å². The molecule has 2 heterocycles. The molecule has 0 saturated carbocycles. The van der Waals surface area contributed by atoms with E-state index < -0.39 is 0 Å². The molecule has 0 amide bonds. The Bertz CT molecular complexity index is 629. The number of nitrogens with one attached hydrogen (secondary N) is 2. The summed E-state index contributed by atoms with van der Waals surface area (Å²) in [5.74, 6) is 1.50. The minimum Gasteiger partial charge on any atom is -0.381 e. The summed E-state index contributed by atoms with van der Waals surface area (Å²) in [5, 5.41) is 6.78. The van der Waals surface area contributed by atoms with Gasteiger partial charge in [0.2, 0.25) is 0 Å². The highest BCUT2D eigenvalue weighted by atomic mass is 16.5. The maximum Gasteiger partial charge on any atom is 0.191 e. The van der Waals surface area contributed by atoms with Crippen LogP contribution in [0.5, 0.6) is 0 Å². The van der Waals surface area contributed by atoms with E-state index in [1.165, 1.54) is 11.1 Å². The molecule has 0 atom stereocenters. The Kier molecular flexibility index (Phi) is 10.4. The molecule has 2 N–H and O–H groups in total. The molecule has 0 radical (unpaired) electrons.